The van der Waals surface area contributed by atoms with Crippen LogP contribution in [0.5, 0.6) is 23.0 Å². The highest BCUT2D eigenvalue weighted by molar-refractivity contribution is 7.02. The minimum atomic E-state index is -0.552. The van der Waals surface area contributed by atoms with Crippen molar-refractivity contribution in [1.82, 2.24) is 0 Å². The van der Waals surface area contributed by atoms with Gasteiger partial charge in [-0.1, -0.05) is 266 Å². The van der Waals surface area contributed by atoms with Crippen LogP contribution in [0.2, 0.25) is 0 Å². The average Bonchev–Trinajstić information content (AvgIpc) is 1.45. The van der Waals surface area contributed by atoms with E-state index in [4.69, 9.17) is 16.3 Å². The molecule has 0 atom stereocenters. The van der Waals surface area contributed by atoms with E-state index in [9.17, 15) is 0 Å². The van der Waals surface area contributed by atoms with Gasteiger partial charge in [0.1, 0.15) is 23.0 Å². The highest BCUT2D eigenvalue weighted by Gasteiger charge is 2.53. The second kappa shape index (κ2) is 20.3. The predicted molar refractivity (Wildman–Crippen MR) is 406 cm³/mol. The fraction of sp³-hybridized carbons (Fsp3) is 0.0989. The minimum Gasteiger partial charge on any atom is -0.458 e. The van der Waals surface area contributed by atoms with E-state index >= 15 is 0 Å². The third-order valence-corrected chi connectivity index (χ3v) is 21.7. The van der Waals surface area contributed by atoms with Crippen LogP contribution in [0.25, 0.3) is 66.4 Å². The molecule has 0 radical (unpaired) electrons. The standard InChI is InChI=1S/C91H66B2N2O2/c1-89(2,3)61-47-58(48-62(52-61)90(4,5)6)59-49-80-86-83(50-59)96-81-39-22-20-37-75(81)93(86)76-53-77-82(54-79(76)94(80)64-43-40-56(41-44-64)55-24-9-7-10-25-55)97-84-51-60-46-57(42-45-66(60)88-87(84)92(77)74-36-19-21-38-78(74)95(88)63-26-11-8-12-27-63)65-31-23-32-70-69-30-15-18-35-73(69)91(85(65)70)71-33-16-13-28-67(71)68-29-14-17-34-72(68)91/h7-54H,1-6H3/i7D,9D,10D,24D,25D. The normalized spacial score (nSPS) is 15.0. The number of ether oxygens (including phenoxy) is 2. The first-order valence-electron chi connectivity index (χ1n) is 36.4. The van der Waals surface area contributed by atoms with Crippen LogP contribution < -0.4 is 52.1 Å². The summed E-state index contributed by atoms with van der Waals surface area (Å²) in [5, 5.41) is 2.16. The fourth-order valence-corrected chi connectivity index (χ4v) is 17.4. The van der Waals surface area contributed by atoms with Gasteiger partial charge in [0, 0.05) is 39.9 Å². The van der Waals surface area contributed by atoms with E-state index < -0.39 is 11.5 Å². The number of para-hydroxylation sites is 3. The molecule has 0 saturated heterocycles. The van der Waals surface area contributed by atoms with Crippen molar-refractivity contribution in [1.29, 1.82) is 0 Å². The number of anilines is 6. The molecule has 20 rings (SSSR count). The largest absolute Gasteiger partial charge is 0.458 e. The summed E-state index contributed by atoms with van der Waals surface area (Å²) in [6.07, 6.45) is 0. The van der Waals surface area contributed by atoms with Gasteiger partial charge in [-0.05, 0) is 199 Å². The van der Waals surface area contributed by atoms with Crippen LogP contribution in [0.1, 0.15) is 81.8 Å². The molecule has 6 aliphatic rings. The summed E-state index contributed by atoms with van der Waals surface area (Å²) in [4.78, 5) is 4.80. The maximum Gasteiger partial charge on any atom is 0.256 e. The molecule has 4 aliphatic heterocycles. The molecule has 458 valence electrons. The molecule has 4 nitrogen and oxygen atoms in total. The summed E-state index contributed by atoms with van der Waals surface area (Å²) >= 11 is 0. The molecule has 0 bridgehead atoms. The molecule has 0 fully saturated rings. The van der Waals surface area contributed by atoms with E-state index in [0.29, 0.717) is 5.56 Å². The van der Waals surface area contributed by atoms with Crippen LogP contribution in [0.15, 0.2) is 291 Å². The lowest BCUT2D eigenvalue weighted by Crippen LogP contribution is -2.63. The highest BCUT2D eigenvalue weighted by Crippen LogP contribution is 2.65. The first-order chi connectivity index (χ1) is 49.4. The average molecular weight is 1250 g/mol. The Morgan fingerprint density at radius 2 is 0.918 bits per heavy atom. The minimum absolute atomic E-state index is 0.146. The predicted octanol–water partition coefficient (Wildman–Crippen LogP) is 19.6. The van der Waals surface area contributed by atoms with Gasteiger partial charge in [0.15, 0.2) is 0 Å². The van der Waals surface area contributed by atoms with Crippen LogP contribution in [-0.2, 0) is 16.2 Å². The third-order valence-electron chi connectivity index (χ3n) is 21.7. The molecule has 0 unspecified atom stereocenters. The van der Waals surface area contributed by atoms with Crippen molar-refractivity contribution in [2.24, 2.45) is 0 Å². The second-order valence-corrected chi connectivity index (χ2v) is 29.1. The van der Waals surface area contributed by atoms with Gasteiger partial charge in [-0.3, -0.25) is 0 Å². The van der Waals surface area contributed by atoms with Crippen molar-refractivity contribution in [3.63, 3.8) is 0 Å². The number of rotatable bonds is 5. The summed E-state index contributed by atoms with van der Waals surface area (Å²) in [7, 11) is 0. The van der Waals surface area contributed by atoms with E-state index in [1.165, 1.54) is 66.7 Å². The van der Waals surface area contributed by atoms with E-state index in [0.717, 1.165) is 112 Å². The van der Waals surface area contributed by atoms with Crippen molar-refractivity contribution in [2.75, 3.05) is 9.80 Å². The SMILES string of the molecule is [2H]c1c([2H])c([2H])c(-c2ccc(N3c4cc5c(cc4B4c6ccccc6Oc6cc(-c7cc(C(C)(C)C)cc(C(C)(C)C)c7)cc3c64)B3c4ccccc4N(c4ccccc4)c4c3c(cc3cc(-c6cccc7c6C6(c8ccccc8-c8ccccc86)c6ccccc6-7)ccc43)O5)cc2)c([2H])c1[2H]. The molecule has 1 spiro atoms. The Labute approximate surface area is 574 Å². The van der Waals surface area contributed by atoms with Crippen LogP contribution in [0, 0.1) is 0 Å². The Balaban J connectivity index is 0.832. The zero-order chi connectivity index (χ0) is 69.1. The van der Waals surface area contributed by atoms with Gasteiger partial charge >= 0.3 is 0 Å². The van der Waals surface area contributed by atoms with Crippen LogP contribution in [0.4, 0.5) is 34.1 Å². The Morgan fingerprint density at radius 3 is 1.63 bits per heavy atom. The lowest BCUT2D eigenvalue weighted by atomic mass is 9.31. The fourth-order valence-electron chi connectivity index (χ4n) is 17.4. The molecule has 97 heavy (non-hydrogen) atoms. The highest BCUT2D eigenvalue weighted by atomic mass is 16.5. The van der Waals surface area contributed by atoms with E-state index in [2.05, 4.69) is 288 Å². The summed E-state index contributed by atoms with van der Waals surface area (Å²) in [5.41, 5.74) is 29.3. The lowest BCUT2D eigenvalue weighted by Gasteiger charge is -2.43. The molecule has 0 aromatic heterocycles. The maximum atomic E-state index is 9.06. The molecule has 0 amide bonds. The Morgan fingerprint density at radius 1 is 0.351 bits per heavy atom. The molecule has 0 saturated carbocycles. The van der Waals surface area contributed by atoms with Crippen molar-refractivity contribution in [3.8, 4) is 78.6 Å². The van der Waals surface area contributed by atoms with E-state index in [1.807, 2.05) is 24.3 Å². The van der Waals surface area contributed by atoms with Gasteiger partial charge in [0.2, 0.25) is 0 Å². The molecular weight excluding hydrogens is 1170 g/mol. The molecule has 14 aromatic rings. The molecule has 2 aliphatic carbocycles. The van der Waals surface area contributed by atoms with Gasteiger partial charge in [0.05, 0.1) is 18.0 Å². The smallest absolute Gasteiger partial charge is 0.256 e. The van der Waals surface area contributed by atoms with Gasteiger partial charge in [0.25, 0.3) is 13.4 Å². The van der Waals surface area contributed by atoms with Gasteiger partial charge < -0.3 is 19.3 Å². The molecule has 4 heterocycles. The summed E-state index contributed by atoms with van der Waals surface area (Å²) in [6, 6.07) is 94.0. The maximum absolute atomic E-state index is 9.06. The monoisotopic (exact) mass is 1250 g/mol. The molecular formula is C91H66B2N2O2. The number of nitrogens with zero attached hydrogens (tertiary/aromatic N) is 2. The molecule has 14 aromatic carbocycles. The van der Waals surface area contributed by atoms with Gasteiger partial charge in [-0.15, -0.1) is 0 Å². The lowest BCUT2D eigenvalue weighted by molar-refractivity contribution is 0.487. The number of fused-ring (bicyclic) bond motifs is 20. The second-order valence-electron chi connectivity index (χ2n) is 29.1. The number of hydrogen-bond donors (Lipinski definition) is 0. The molecule has 0 N–H and O–H groups in total. The van der Waals surface area contributed by atoms with E-state index in [1.54, 1.807) is 0 Å². The first kappa shape index (κ1) is 51.1. The van der Waals surface area contributed by atoms with E-state index in [-0.39, 0.29) is 54.0 Å². The zero-order valence-electron chi connectivity index (χ0n) is 59.7. The zero-order valence-corrected chi connectivity index (χ0v) is 54.7. The topological polar surface area (TPSA) is 24.9 Å². The third kappa shape index (κ3) is 8.02. The van der Waals surface area contributed by atoms with Crippen LogP contribution in [0.3, 0.4) is 0 Å². The number of hydrogen-bond acceptors (Lipinski definition) is 4. The van der Waals surface area contributed by atoms with Crippen molar-refractivity contribution in [2.45, 2.75) is 57.8 Å². The summed E-state index contributed by atoms with van der Waals surface area (Å²) < 4.78 is 59.0. The summed E-state index contributed by atoms with van der Waals surface area (Å²) in [5.74, 6) is 3.08. The van der Waals surface area contributed by atoms with Crippen molar-refractivity contribution < 1.29 is 16.3 Å². The summed E-state index contributed by atoms with van der Waals surface area (Å²) in [6.45, 7) is 13.1. The van der Waals surface area contributed by atoms with Crippen molar-refractivity contribution in [3.05, 3.63) is 324 Å². The first-order valence-corrected chi connectivity index (χ1v) is 33.9. The van der Waals surface area contributed by atoms with Gasteiger partial charge in [-0.2, -0.15) is 0 Å². The van der Waals surface area contributed by atoms with Crippen LogP contribution in [-0.4, -0.2) is 13.4 Å². The van der Waals surface area contributed by atoms with Crippen LogP contribution >= 0.6 is 0 Å². The number of benzene rings is 14. The Hall–Kier alpha value is -11.3. The molecule has 6 heteroatoms. The Kier molecular flexibility index (Phi) is 10.7. The van der Waals surface area contributed by atoms with Crippen molar-refractivity contribution >= 4 is 91.1 Å². The Bertz CT molecular complexity index is 5910. The van der Waals surface area contributed by atoms with Gasteiger partial charge in [-0.25, -0.2) is 0 Å². The quantitative estimate of drug-likeness (QED) is 0.160.